The maximum absolute atomic E-state index is 12.4. The van der Waals surface area contributed by atoms with Crippen molar-refractivity contribution >= 4 is 5.91 Å². The van der Waals surface area contributed by atoms with Crippen LogP contribution in [-0.4, -0.2) is 29.4 Å². The number of amides is 1. The second kappa shape index (κ2) is 8.82. The number of aromatic nitrogens is 2. The molecule has 1 amide bonds. The van der Waals surface area contributed by atoms with Gasteiger partial charge in [0.2, 0.25) is 5.91 Å². The van der Waals surface area contributed by atoms with E-state index in [1.807, 2.05) is 49.4 Å². The summed E-state index contributed by atoms with van der Waals surface area (Å²) in [6.45, 7) is 2.30. The molecule has 8 heteroatoms. The SMILES string of the molecule is COc1ccc(-c2cc(CNC(=O)Cc3cc(-c4ccc5c(c4)CC(C)O5)on3)no2)cc1. The Morgan fingerprint density at radius 2 is 1.70 bits per heavy atom. The van der Waals surface area contributed by atoms with Crippen molar-refractivity contribution in [2.24, 2.45) is 0 Å². The molecule has 0 radical (unpaired) electrons. The van der Waals surface area contributed by atoms with Gasteiger partial charge in [-0.05, 0) is 55.0 Å². The van der Waals surface area contributed by atoms with Gasteiger partial charge in [-0.3, -0.25) is 4.79 Å². The Balaban J connectivity index is 1.17. The van der Waals surface area contributed by atoms with E-state index in [0.717, 1.165) is 34.6 Å². The van der Waals surface area contributed by atoms with Crippen LogP contribution in [0.2, 0.25) is 0 Å². The summed E-state index contributed by atoms with van der Waals surface area (Å²) in [4.78, 5) is 12.4. The molecule has 1 atom stereocenters. The first-order valence-corrected chi connectivity index (χ1v) is 10.7. The Morgan fingerprint density at radius 3 is 2.48 bits per heavy atom. The molecule has 1 aliphatic heterocycles. The van der Waals surface area contributed by atoms with Crippen molar-refractivity contribution in [3.05, 3.63) is 71.5 Å². The highest BCUT2D eigenvalue weighted by molar-refractivity contribution is 5.78. The van der Waals surface area contributed by atoms with Crippen molar-refractivity contribution in [3.63, 3.8) is 0 Å². The van der Waals surface area contributed by atoms with Crippen LogP contribution in [0.3, 0.4) is 0 Å². The molecule has 3 heterocycles. The van der Waals surface area contributed by atoms with E-state index >= 15 is 0 Å². The van der Waals surface area contributed by atoms with Crippen molar-refractivity contribution in [2.45, 2.75) is 32.4 Å². The van der Waals surface area contributed by atoms with E-state index < -0.39 is 0 Å². The van der Waals surface area contributed by atoms with Gasteiger partial charge in [-0.1, -0.05) is 10.3 Å². The fourth-order valence-corrected chi connectivity index (χ4v) is 3.81. The summed E-state index contributed by atoms with van der Waals surface area (Å²) in [7, 11) is 1.62. The van der Waals surface area contributed by atoms with Gasteiger partial charge in [0.05, 0.1) is 25.8 Å². The average molecular weight is 445 g/mol. The van der Waals surface area contributed by atoms with Crippen LogP contribution in [-0.2, 0) is 24.2 Å². The number of rotatable bonds is 7. The number of methoxy groups -OCH3 is 1. The zero-order valence-corrected chi connectivity index (χ0v) is 18.3. The molecule has 2 aromatic heterocycles. The molecule has 1 N–H and O–H groups in total. The number of carbonyl (C=O) groups excluding carboxylic acids is 1. The van der Waals surface area contributed by atoms with Crippen LogP contribution >= 0.6 is 0 Å². The summed E-state index contributed by atoms with van der Waals surface area (Å²) in [5.74, 6) is 2.74. The van der Waals surface area contributed by atoms with Gasteiger partial charge in [0.25, 0.3) is 0 Å². The van der Waals surface area contributed by atoms with Crippen molar-refractivity contribution in [2.75, 3.05) is 7.11 Å². The van der Waals surface area contributed by atoms with Crippen LogP contribution in [0.1, 0.15) is 23.9 Å². The summed E-state index contributed by atoms with van der Waals surface area (Å²) in [5, 5.41) is 10.9. The van der Waals surface area contributed by atoms with Crippen molar-refractivity contribution in [1.82, 2.24) is 15.6 Å². The minimum absolute atomic E-state index is 0.109. The largest absolute Gasteiger partial charge is 0.497 e. The molecule has 168 valence electrons. The number of nitrogens with one attached hydrogen (secondary N) is 1. The third kappa shape index (κ3) is 4.59. The molecular formula is C25H23N3O5. The van der Waals surface area contributed by atoms with Crippen molar-refractivity contribution in [3.8, 4) is 34.1 Å². The molecule has 0 spiro atoms. The van der Waals surface area contributed by atoms with Gasteiger partial charge >= 0.3 is 0 Å². The number of carbonyl (C=O) groups is 1. The summed E-state index contributed by atoms with van der Waals surface area (Å²) in [5.41, 5.74) is 4.14. The Labute approximate surface area is 190 Å². The van der Waals surface area contributed by atoms with E-state index in [1.165, 1.54) is 0 Å². The molecule has 0 aliphatic carbocycles. The number of nitrogens with zero attached hydrogens (tertiary/aromatic N) is 2. The molecule has 8 nitrogen and oxygen atoms in total. The zero-order chi connectivity index (χ0) is 22.8. The maximum atomic E-state index is 12.4. The normalized spacial score (nSPS) is 14.5. The molecule has 0 fully saturated rings. The Hall–Kier alpha value is -4.07. The monoisotopic (exact) mass is 445 g/mol. The van der Waals surface area contributed by atoms with E-state index in [1.54, 1.807) is 19.2 Å². The number of ether oxygens (including phenoxy) is 2. The highest BCUT2D eigenvalue weighted by Gasteiger charge is 2.20. The van der Waals surface area contributed by atoms with E-state index in [-0.39, 0.29) is 25.0 Å². The Morgan fingerprint density at radius 1 is 1.00 bits per heavy atom. The van der Waals surface area contributed by atoms with Crippen LogP contribution in [0.5, 0.6) is 11.5 Å². The molecular weight excluding hydrogens is 422 g/mol. The zero-order valence-electron chi connectivity index (χ0n) is 18.3. The van der Waals surface area contributed by atoms with Crippen LogP contribution in [0.15, 0.2) is 63.6 Å². The molecule has 1 unspecified atom stereocenters. The minimum atomic E-state index is -0.181. The highest BCUT2D eigenvalue weighted by Crippen LogP contribution is 2.33. The second-order valence-electron chi connectivity index (χ2n) is 8.00. The maximum Gasteiger partial charge on any atom is 0.226 e. The molecule has 0 saturated heterocycles. The van der Waals surface area contributed by atoms with Crippen LogP contribution in [0.25, 0.3) is 22.6 Å². The fourth-order valence-electron chi connectivity index (χ4n) is 3.81. The molecule has 1 aliphatic rings. The summed E-state index contributed by atoms with van der Waals surface area (Å²) >= 11 is 0. The Kier molecular flexibility index (Phi) is 5.56. The number of benzene rings is 2. The van der Waals surface area contributed by atoms with Crippen LogP contribution in [0.4, 0.5) is 0 Å². The van der Waals surface area contributed by atoms with Gasteiger partial charge < -0.3 is 23.8 Å². The van der Waals surface area contributed by atoms with E-state index in [2.05, 4.69) is 15.6 Å². The summed E-state index contributed by atoms with van der Waals surface area (Å²) in [6, 6.07) is 17.0. The topological polar surface area (TPSA) is 99.6 Å². The highest BCUT2D eigenvalue weighted by atomic mass is 16.5. The summed E-state index contributed by atoms with van der Waals surface area (Å²) < 4.78 is 21.7. The second-order valence-corrected chi connectivity index (χ2v) is 8.00. The fraction of sp³-hybridized carbons (Fsp3) is 0.240. The molecule has 33 heavy (non-hydrogen) atoms. The van der Waals surface area contributed by atoms with E-state index in [9.17, 15) is 4.79 Å². The third-order valence-corrected chi connectivity index (χ3v) is 5.48. The Bertz CT molecular complexity index is 1280. The lowest BCUT2D eigenvalue weighted by Crippen LogP contribution is -2.24. The molecule has 5 rings (SSSR count). The van der Waals surface area contributed by atoms with Gasteiger partial charge in [-0.15, -0.1) is 0 Å². The third-order valence-electron chi connectivity index (χ3n) is 5.48. The quantitative estimate of drug-likeness (QED) is 0.455. The van der Waals surface area contributed by atoms with Crippen molar-refractivity contribution in [1.29, 1.82) is 0 Å². The first kappa shape index (κ1) is 20.8. The summed E-state index contributed by atoms with van der Waals surface area (Å²) in [6.07, 6.45) is 1.16. The number of fused-ring (bicyclic) bond motifs is 1. The first-order chi connectivity index (χ1) is 16.1. The number of hydrogen-bond acceptors (Lipinski definition) is 7. The molecule has 4 aromatic rings. The van der Waals surface area contributed by atoms with Crippen LogP contribution < -0.4 is 14.8 Å². The average Bonchev–Trinajstić information content (AvgIpc) is 3.56. The number of hydrogen-bond donors (Lipinski definition) is 1. The van der Waals surface area contributed by atoms with Crippen molar-refractivity contribution < 1.29 is 23.3 Å². The lowest BCUT2D eigenvalue weighted by Gasteiger charge is -2.02. The molecule has 0 saturated carbocycles. The standard InChI is InChI=1S/C25H23N3O5/c1-15-9-18-10-17(5-8-22(18)31-15)24-11-19(27-33-24)13-25(29)26-14-20-12-23(32-28-20)16-3-6-21(30-2)7-4-16/h3-8,10-12,15H,9,13-14H2,1-2H3,(H,26,29). The molecule has 2 aromatic carbocycles. The lowest BCUT2D eigenvalue weighted by atomic mass is 10.1. The van der Waals surface area contributed by atoms with Gasteiger partial charge in [0, 0.05) is 29.7 Å². The smallest absolute Gasteiger partial charge is 0.226 e. The van der Waals surface area contributed by atoms with E-state index in [0.29, 0.717) is 22.9 Å². The first-order valence-electron chi connectivity index (χ1n) is 10.7. The van der Waals surface area contributed by atoms with Gasteiger partial charge in [0.1, 0.15) is 23.3 Å². The lowest BCUT2D eigenvalue weighted by molar-refractivity contribution is -0.120. The minimum Gasteiger partial charge on any atom is -0.497 e. The van der Waals surface area contributed by atoms with Crippen LogP contribution in [0, 0.1) is 0 Å². The van der Waals surface area contributed by atoms with Gasteiger partial charge in [0.15, 0.2) is 11.5 Å². The van der Waals surface area contributed by atoms with Gasteiger partial charge in [-0.2, -0.15) is 0 Å². The van der Waals surface area contributed by atoms with Gasteiger partial charge in [-0.25, -0.2) is 0 Å². The predicted molar refractivity (Wildman–Crippen MR) is 120 cm³/mol. The van der Waals surface area contributed by atoms with E-state index in [4.69, 9.17) is 18.5 Å². The molecule has 0 bridgehead atoms. The predicted octanol–water partition coefficient (Wildman–Crippen LogP) is 4.19.